The lowest BCUT2D eigenvalue weighted by Crippen LogP contribution is -2.05. The number of imidazole rings is 1. The maximum Gasteiger partial charge on any atom is 0.350 e. The van der Waals surface area contributed by atoms with E-state index in [4.69, 9.17) is 4.42 Å². The van der Waals surface area contributed by atoms with Crippen LogP contribution in [0.3, 0.4) is 0 Å². The summed E-state index contributed by atoms with van der Waals surface area (Å²) in [4.78, 5) is 24.8. The molecule has 1 aromatic carbocycles. The highest BCUT2D eigenvalue weighted by Gasteiger charge is 2.15. The van der Waals surface area contributed by atoms with Gasteiger partial charge in [0.05, 0.1) is 11.1 Å². The van der Waals surface area contributed by atoms with E-state index in [0.717, 1.165) is 0 Å². The van der Waals surface area contributed by atoms with Crippen LogP contribution in [0.25, 0.3) is 28.2 Å². The molecular formula is C16H10N4O3. The number of benzene rings is 1. The molecule has 0 fully saturated rings. The van der Waals surface area contributed by atoms with E-state index in [0.29, 0.717) is 16.9 Å². The van der Waals surface area contributed by atoms with Crippen LogP contribution in [0.2, 0.25) is 0 Å². The van der Waals surface area contributed by atoms with E-state index in [2.05, 4.69) is 15.0 Å². The first-order valence-electron chi connectivity index (χ1n) is 6.80. The van der Waals surface area contributed by atoms with Gasteiger partial charge in [0.1, 0.15) is 17.5 Å². The summed E-state index contributed by atoms with van der Waals surface area (Å²) in [6.45, 7) is 0. The zero-order valence-electron chi connectivity index (χ0n) is 11.7. The van der Waals surface area contributed by atoms with Crippen LogP contribution in [0.1, 0.15) is 0 Å². The van der Waals surface area contributed by atoms with Crippen molar-refractivity contribution in [3.63, 3.8) is 0 Å². The molecule has 0 bridgehead atoms. The molecule has 0 atom stereocenters. The third-order valence-electron chi connectivity index (χ3n) is 3.40. The average molecular weight is 306 g/mol. The van der Waals surface area contributed by atoms with Crippen LogP contribution in [0.5, 0.6) is 5.75 Å². The van der Waals surface area contributed by atoms with Gasteiger partial charge in [0, 0.05) is 18.6 Å². The smallest absolute Gasteiger partial charge is 0.350 e. The van der Waals surface area contributed by atoms with E-state index in [9.17, 15) is 9.90 Å². The lowest BCUT2D eigenvalue weighted by atomic mass is 10.2. The fourth-order valence-corrected chi connectivity index (χ4v) is 2.37. The van der Waals surface area contributed by atoms with Crippen molar-refractivity contribution in [2.75, 3.05) is 0 Å². The third kappa shape index (κ3) is 2.15. The average Bonchev–Trinajstić information content (AvgIpc) is 3.09. The number of hydrogen-bond acceptors (Lipinski definition) is 6. The van der Waals surface area contributed by atoms with Gasteiger partial charge in [-0.05, 0) is 24.3 Å². The van der Waals surface area contributed by atoms with Gasteiger partial charge < -0.3 is 9.52 Å². The van der Waals surface area contributed by atoms with Gasteiger partial charge in [0.25, 0.3) is 0 Å². The molecule has 4 rings (SSSR count). The van der Waals surface area contributed by atoms with Crippen LogP contribution in [0.15, 0.2) is 64.5 Å². The van der Waals surface area contributed by atoms with Crippen LogP contribution < -0.4 is 5.63 Å². The zero-order valence-corrected chi connectivity index (χ0v) is 11.7. The minimum atomic E-state index is -0.650. The number of phenols is 1. The number of pyridine rings is 1. The summed E-state index contributed by atoms with van der Waals surface area (Å²) in [7, 11) is 0. The molecule has 0 aliphatic carbocycles. The first-order valence-corrected chi connectivity index (χ1v) is 6.80. The second-order valence-corrected chi connectivity index (χ2v) is 4.82. The molecule has 0 amide bonds. The minimum Gasteiger partial charge on any atom is -0.507 e. The van der Waals surface area contributed by atoms with Gasteiger partial charge in [-0.2, -0.15) is 0 Å². The van der Waals surface area contributed by atoms with Crippen molar-refractivity contribution in [3.8, 4) is 23.0 Å². The molecule has 23 heavy (non-hydrogen) atoms. The van der Waals surface area contributed by atoms with Crippen LogP contribution in [-0.4, -0.2) is 24.6 Å². The molecule has 1 N–H and O–H groups in total. The van der Waals surface area contributed by atoms with Crippen LogP contribution in [0, 0.1) is 0 Å². The Hall–Kier alpha value is -3.48. The van der Waals surface area contributed by atoms with Gasteiger partial charge >= 0.3 is 5.63 Å². The predicted molar refractivity (Wildman–Crippen MR) is 82.3 cm³/mol. The molecule has 3 aromatic heterocycles. The Kier molecular flexibility index (Phi) is 2.90. The largest absolute Gasteiger partial charge is 0.507 e. The molecule has 0 aliphatic heterocycles. The van der Waals surface area contributed by atoms with Gasteiger partial charge in [0.2, 0.25) is 5.89 Å². The lowest BCUT2D eigenvalue weighted by Gasteiger charge is -2.08. The number of aromatic hydroxyl groups is 1. The van der Waals surface area contributed by atoms with Gasteiger partial charge in [-0.15, -0.1) is 0 Å². The summed E-state index contributed by atoms with van der Waals surface area (Å²) >= 11 is 0. The number of nitrogens with zero attached hydrogens (tertiary/aromatic N) is 4. The van der Waals surface area contributed by atoms with E-state index in [1.807, 2.05) is 0 Å². The maximum atomic E-state index is 12.2. The Labute approximate surface area is 129 Å². The fourth-order valence-electron chi connectivity index (χ4n) is 2.37. The highest BCUT2D eigenvalue weighted by Crippen LogP contribution is 2.26. The predicted octanol–water partition coefficient (Wildman–Crippen LogP) is 2.14. The molecule has 0 spiro atoms. The second-order valence-electron chi connectivity index (χ2n) is 4.82. The Morgan fingerprint density at radius 3 is 2.87 bits per heavy atom. The molecule has 7 heteroatoms. The fraction of sp³-hybridized carbons (Fsp3) is 0. The number of hydrogen-bond donors (Lipinski definition) is 1. The molecule has 0 unspecified atom stereocenters. The van der Waals surface area contributed by atoms with E-state index in [1.54, 1.807) is 53.8 Å². The topological polar surface area (TPSA) is 94.0 Å². The summed E-state index contributed by atoms with van der Waals surface area (Å²) in [5, 5.41) is 9.85. The van der Waals surface area contributed by atoms with Crippen molar-refractivity contribution >= 4 is 10.9 Å². The highest BCUT2D eigenvalue weighted by atomic mass is 16.4. The Balaban J connectivity index is 2.00. The molecule has 0 aliphatic rings. The van der Waals surface area contributed by atoms with Crippen molar-refractivity contribution in [1.29, 1.82) is 0 Å². The Morgan fingerprint density at radius 2 is 2.04 bits per heavy atom. The molecule has 0 saturated carbocycles. The lowest BCUT2D eigenvalue weighted by molar-refractivity contribution is 0.472. The van der Waals surface area contributed by atoms with Gasteiger partial charge in [-0.3, -0.25) is 4.57 Å². The third-order valence-corrected chi connectivity index (χ3v) is 3.40. The van der Waals surface area contributed by atoms with Crippen LogP contribution in [-0.2, 0) is 0 Å². The van der Waals surface area contributed by atoms with E-state index >= 15 is 0 Å². The van der Waals surface area contributed by atoms with Crippen molar-refractivity contribution in [2.24, 2.45) is 0 Å². The van der Waals surface area contributed by atoms with E-state index in [-0.39, 0.29) is 17.0 Å². The summed E-state index contributed by atoms with van der Waals surface area (Å²) < 4.78 is 6.99. The molecule has 3 heterocycles. The summed E-state index contributed by atoms with van der Waals surface area (Å²) in [6, 6.07) is 8.16. The molecule has 0 radical (unpaired) electrons. The van der Waals surface area contributed by atoms with E-state index in [1.165, 1.54) is 6.07 Å². The highest BCUT2D eigenvalue weighted by molar-refractivity contribution is 5.84. The number of phenolic OH excluding ortho intramolecular Hbond substituents is 1. The first-order chi connectivity index (χ1) is 11.2. The summed E-state index contributed by atoms with van der Waals surface area (Å²) in [5.74, 6) is 0.515. The molecular weight excluding hydrogens is 296 g/mol. The molecule has 7 nitrogen and oxygen atoms in total. The monoisotopic (exact) mass is 306 g/mol. The molecule has 112 valence electrons. The van der Waals surface area contributed by atoms with Gasteiger partial charge in [-0.1, -0.05) is 6.07 Å². The summed E-state index contributed by atoms with van der Waals surface area (Å²) in [5.41, 5.74) is 0.257. The van der Waals surface area contributed by atoms with Crippen LogP contribution >= 0.6 is 0 Å². The number of fused-ring (bicyclic) bond motifs is 1. The zero-order chi connectivity index (χ0) is 15.8. The quantitative estimate of drug-likeness (QED) is 0.610. The normalized spacial score (nSPS) is 11.0. The Bertz CT molecular complexity index is 1050. The SMILES string of the molecule is O=c1oc(-c2cccnc2-n2ccnc2)nc2cccc(O)c12. The van der Waals surface area contributed by atoms with Crippen molar-refractivity contribution in [2.45, 2.75) is 0 Å². The van der Waals surface area contributed by atoms with Gasteiger partial charge in [-0.25, -0.2) is 19.7 Å². The summed E-state index contributed by atoms with van der Waals surface area (Å²) in [6.07, 6.45) is 6.58. The minimum absolute atomic E-state index is 0.0596. The molecule has 4 aromatic rings. The van der Waals surface area contributed by atoms with Crippen molar-refractivity contribution in [1.82, 2.24) is 19.5 Å². The van der Waals surface area contributed by atoms with Crippen molar-refractivity contribution < 1.29 is 9.52 Å². The van der Waals surface area contributed by atoms with Gasteiger partial charge in [0.15, 0.2) is 5.82 Å². The Morgan fingerprint density at radius 1 is 1.13 bits per heavy atom. The van der Waals surface area contributed by atoms with Crippen LogP contribution in [0.4, 0.5) is 0 Å². The van der Waals surface area contributed by atoms with Crippen molar-refractivity contribution in [3.05, 3.63) is 65.7 Å². The standard InChI is InChI=1S/C16H10N4O3/c21-12-5-1-4-11-13(12)16(22)23-15(19-11)10-3-2-6-18-14(10)20-8-7-17-9-20/h1-9,21H. The number of rotatable bonds is 2. The second kappa shape index (κ2) is 5.06. The van der Waals surface area contributed by atoms with E-state index < -0.39 is 5.63 Å². The first kappa shape index (κ1) is 13.2. The molecule has 0 saturated heterocycles. The maximum absolute atomic E-state index is 12.2. The number of aromatic nitrogens is 4.